The van der Waals surface area contributed by atoms with E-state index in [2.05, 4.69) is 10.2 Å². The van der Waals surface area contributed by atoms with Gasteiger partial charge in [-0.05, 0) is 29.8 Å². The van der Waals surface area contributed by atoms with Crippen molar-refractivity contribution in [3.63, 3.8) is 0 Å². The summed E-state index contributed by atoms with van der Waals surface area (Å²) in [7, 11) is 0.676. The highest BCUT2D eigenvalue weighted by atomic mass is 35.5. The first-order valence-electron chi connectivity index (χ1n) is 7.97. The molecule has 0 aliphatic heterocycles. The van der Waals surface area contributed by atoms with Crippen LogP contribution in [-0.4, -0.2) is 19.0 Å². The van der Waals surface area contributed by atoms with Crippen LogP contribution in [0.5, 0.6) is 0 Å². The fraction of sp³-hybridized carbons (Fsp3) is 0.222. The molecule has 0 amide bonds. The molecule has 0 fully saturated rings. The highest BCUT2D eigenvalue weighted by Crippen LogP contribution is 2.27. The van der Waals surface area contributed by atoms with E-state index in [-0.39, 0.29) is 11.5 Å². The summed E-state index contributed by atoms with van der Waals surface area (Å²) in [4.78, 5) is 0. The van der Waals surface area contributed by atoms with E-state index in [4.69, 9.17) is 34.8 Å². The first-order chi connectivity index (χ1) is 12.9. The van der Waals surface area contributed by atoms with Crippen molar-refractivity contribution in [1.82, 2.24) is 14.8 Å². The molecule has 2 aromatic carbocycles. The van der Waals surface area contributed by atoms with Crippen molar-refractivity contribution < 1.29 is 4.21 Å². The lowest BCUT2D eigenvalue weighted by molar-refractivity contribution is 0.677. The average Bonchev–Trinajstić information content (AvgIpc) is 2.98. The first kappa shape index (κ1) is 20.7. The Kier molecular flexibility index (Phi) is 7.22. The van der Waals surface area contributed by atoms with Crippen LogP contribution in [0.4, 0.5) is 0 Å². The summed E-state index contributed by atoms with van der Waals surface area (Å²) in [6, 6.07) is 12.9. The summed E-state index contributed by atoms with van der Waals surface area (Å²) in [6.45, 7) is 0. The van der Waals surface area contributed by atoms with E-state index in [1.165, 1.54) is 0 Å². The Morgan fingerprint density at radius 3 is 2.33 bits per heavy atom. The van der Waals surface area contributed by atoms with Crippen molar-refractivity contribution in [2.75, 3.05) is 0 Å². The molecule has 3 aromatic rings. The molecule has 1 heterocycles. The van der Waals surface area contributed by atoms with Crippen LogP contribution in [0, 0.1) is 0 Å². The molecule has 3 rings (SSSR count). The molecule has 27 heavy (non-hydrogen) atoms. The topological polar surface area (TPSA) is 47.8 Å². The molecule has 0 radical (unpaired) electrons. The van der Waals surface area contributed by atoms with Crippen molar-refractivity contribution in [2.45, 2.75) is 22.4 Å². The smallest absolute Gasteiger partial charge is 0.191 e. The van der Waals surface area contributed by atoms with Gasteiger partial charge in [-0.25, -0.2) is 0 Å². The van der Waals surface area contributed by atoms with Gasteiger partial charge in [0.1, 0.15) is 5.82 Å². The van der Waals surface area contributed by atoms with Gasteiger partial charge in [0.05, 0.1) is 11.5 Å². The lowest BCUT2D eigenvalue weighted by Gasteiger charge is -2.07. The van der Waals surface area contributed by atoms with Gasteiger partial charge in [0, 0.05) is 44.2 Å². The van der Waals surface area contributed by atoms with Crippen molar-refractivity contribution >= 4 is 57.4 Å². The minimum atomic E-state index is -1.20. The summed E-state index contributed by atoms with van der Waals surface area (Å²) in [5, 5.41) is 10.9. The molecule has 0 unspecified atom stereocenters. The number of aromatic nitrogens is 3. The van der Waals surface area contributed by atoms with Gasteiger partial charge >= 0.3 is 0 Å². The van der Waals surface area contributed by atoms with Crippen LogP contribution in [0.15, 0.2) is 47.6 Å². The molecule has 4 nitrogen and oxygen atoms in total. The normalized spacial score (nSPS) is 12.3. The maximum atomic E-state index is 12.6. The fourth-order valence-corrected chi connectivity index (χ4v) is 5.33. The minimum Gasteiger partial charge on any atom is -0.308 e. The third kappa shape index (κ3) is 5.48. The van der Waals surface area contributed by atoms with E-state index in [1.54, 1.807) is 30.0 Å². The Morgan fingerprint density at radius 1 is 1.00 bits per heavy atom. The second-order valence-corrected chi connectivity index (χ2v) is 9.45. The van der Waals surface area contributed by atoms with Gasteiger partial charge in [-0.2, -0.15) is 0 Å². The second-order valence-electron chi connectivity index (χ2n) is 5.80. The zero-order chi connectivity index (χ0) is 19.4. The summed E-state index contributed by atoms with van der Waals surface area (Å²) in [6.07, 6.45) is 0. The van der Waals surface area contributed by atoms with Crippen LogP contribution in [0.3, 0.4) is 0 Å². The number of benzene rings is 2. The van der Waals surface area contributed by atoms with Crippen LogP contribution < -0.4 is 0 Å². The predicted octanol–water partition coefficient (Wildman–Crippen LogP) is 5.52. The Hall–Kier alpha value is -1.05. The van der Waals surface area contributed by atoms with Gasteiger partial charge in [0.25, 0.3) is 0 Å². The summed E-state index contributed by atoms with van der Waals surface area (Å²) in [5.41, 5.74) is 1.84. The van der Waals surface area contributed by atoms with E-state index in [0.717, 1.165) is 16.5 Å². The highest BCUT2D eigenvalue weighted by molar-refractivity contribution is 7.98. The predicted molar refractivity (Wildman–Crippen MR) is 114 cm³/mol. The van der Waals surface area contributed by atoms with E-state index in [1.807, 2.05) is 35.9 Å². The molecular weight excluding hydrogens is 445 g/mol. The van der Waals surface area contributed by atoms with Gasteiger partial charge in [0.15, 0.2) is 5.16 Å². The highest BCUT2D eigenvalue weighted by Gasteiger charge is 2.15. The largest absolute Gasteiger partial charge is 0.308 e. The standard InChI is InChI=1S/C18H16Cl3N3OS2/c1-24-17(11-27(25)10-14-15(20)3-2-4-16(14)21)22-23-18(24)26-9-12-5-7-13(19)8-6-12/h2-8H,9-11H2,1H3/t27-/m1/s1. The number of halogens is 3. The fourth-order valence-electron chi connectivity index (χ4n) is 2.35. The monoisotopic (exact) mass is 459 g/mol. The molecular formula is C18H16Cl3N3OS2. The Morgan fingerprint density at radius 2 is 1.67 bits per heavy atom. The van der Waals surface area contributed by atoms with E-state index in [9.17, 15) is 4.21 Å². The summed E-state index contributed by atoms with van der Waals surface area (Å²) in [5.74, 6) is 1.97. The van der Waals surface area contributed by atoms with Crippen molar-refractivity contribution in [3.05, 3.63) is 74.5 Å². The van der Waals surface area contributed by atoms with E-state index >= 15 is 0 Å². The Labute approximate surface area is 179 Å². The molecule has 1 atom stereocenters. The number of hydrogen-bond donors (Lipinski definition) is 0. The molecule has 9 heteroatoms. The molecule has 0 saturated heterocycles. The average molecular weight is 461 g/mol. The number of rotatable bonds is 7. The zero-order valence-electron chi connectivity index (χ0n) is 14.4. The number of nitrogens with zero attached hydrogens (tertiary/aromatic N) is 3. The number of thioether (sulfide) groups is 1. The molecule has 0 bridgehead atoms. The van der Waals surface area contributed by atoms with Crippen LogP contribution in [0.1, 0.15) is 17.0 Å². The lowest BCUT2D eigenvalue weighted by Crippen LogP contribution is -2.06. The van der Waals surface area contributed by atoms with E-state index in [0.29, 0.717) is 26.5 Å². The van der Waals surface area contributed by atoms with Gasteiger partial charge in [0.2, 0.25) is 0 Å². The Bertz CT molecular complexity index is 941. The van der Waals surface area contributed by atoms with Crippen LogP contribution in [0.25, 0.3) is 0 Å². The quantitative estimate of drug-likeness (QED) is 0.436. The maximum Gasteiger partial charge on any atom is 0.191 e. The van der Waals surface area contributed by atoms with Crippen molar-refractivity contribution in [3.8, 4) is 0 Å². The molecule has 1 aromatic heterocycles. The third-order valence-electron chi connectivity index (χ3n) is 3.86. The lowest BCUT2D eigenvalue weighted by atomic mass is 10.2. The van der Waals surface area contributed by atoms with Crippen LogP contribution in [0.2, 0.25) is 15.1 Å². The molecule has 0 saturated carbocycles. The molecule has 0 N–H and O–H groups in total. The molecule has 142 valence electrons. The number of hydrogen-bond acceptors (Lipinski definition) is 4. The van der Waals surface area contributed by atoms with Crippen LogP contribution >= 0.6 is 46.6 Å². The van der Waals surface area contributed by atoms with Crippen molar-refractivity contribution in [2.24, 2.45) is 7.05 Å². The van der Waals surface area contributed by atoms with Gasteiger partial charge in [-0.1, -0.05) is 64.8 Å². The molecule has 0 aliphatic rings. The second kappa shape index (κ2) is 9.43. The Balaban J connectivity index is 1.63. The van der Waals surface area contributed by atoms with Gasteiger partial charge < -0.3 is 4.57 Å². The van der Waals surface area contributed by atoms with Crippen LogP contribution in [-0.2, 0) is 35.1 Å². The first-order valence-corrected chi connectivity index (χ1v) is 11.6. The third-order valence-corrected chi connectivity index (χ3v) is 7.11. The molecule has 0 spiro atoms. The van der Waals surface area contributed by atoms with E-state index < -0.39 is 10.8 Å². The van der Waals surface area contributed by atoms with Crippen molar-refractivity contribution in [1.29, 1.82) is 0 Å². The summed E-state index contributed by atoms with van der Waals surface area (Å²) < 4.78 is 14.4. The van der Waals surface area contributed by atoms with Gasteiger partial charge in [-0.3, -0.25) is 4.21 Å². The molecule has 0 aliphatic carbocycles. The minimum absolute atomic E-state index is 0.276. The maximum absolute atomic E-state index is 12.6. The SMILES string of the molecule is Cn1c(C[S@](=O)Cc2c(Cl)cccc2Cl)nnc1SCc1ccc(Cl)cc1. The zero-order valence-corrected chi connectivity index (χ0v) is 18.3. The van der Waals surface area contributed by atoms with Gasteiger partial charge in [-0.15, -0.1) is 10.2 Å². The summed E-state index contributed by atoms with van der Waals surface area (Å²) >= 11 is 19.8.